The van der Waals surface area contributed by atoms with Crippen molar-refractivity contribution in [3.63, 3.8) is 0 Å². The number of nitrogens with zero attached hydrogens (tertiary/aromatic N) is 3. The molecule has 1 rings (SSSR count). The van der Waals surface area contributed by atoms with E-state index in [4.69, 9.17) is 4.74 Å². The summed E-state index contributed by atoms with van der Waals surface area (Å²) in [5, 5.41) is 3.32. The maximum Gasteiger partial charge on any atom is 0.243 e. The second-order valence-corrected chi connectivity index (χ2v) is 6.80. The predicted molar refractivity (Wildman–Crippen MR) is 106 cm³/mol. The van der Waals surface area contributed by atoms with Crippen LogP contribution in [0.4, 0.5) is 0 Å². The van der Waals surface area contributed by atoms with Gasteiger partial charge in [0, 0.05) is 51.9 Å². The summed E-state index contributed by atoms with van der Waals surface area (Å²) in [5.41, 5.74) is 1.17. The Morgan fingerprint density at radius 1 is 1.24 bits per heavy atom. The summed E-state index contributed by atoms with van der Waals surface area (Å²) in [4.78, 5) is 19.9. The highest BCUT2D eigenvalue weighted by atomic mass is 79.9. The number of amides is 1. The van der Waals surface area contributed by atoms with Crippen molar-refractivity contribution >= 4 is 27.8 Å². The van der Waals surface area contributed by atoms with Crippen LogP contribution in [-0.2, 0) is 16.1 Å². The summed E-state index contributed by atoms with van der Waals surface area (Å²) < 4.78 is 6.41. The summed E-state index contributed by atoms with van der Waals surface area (Å²) in [7, 11) is 5.44. The monoisotopic (exact) mass is 412 g/mol. The number of likely N-dealkylation sites (N-methyl/N-ethyl adjacent to an activating group) is 1. The Bertz CT molecular complexity index is 547. The minimum Gasteiger partial charge on any atom is -0.382 e. The van der Waals surface area contributed by atoms with Crippen molar-refractivity contribution in [2.45, 2.75) is 19.9 Å². The van der Waals surface area contributed by atoms with Gasteiger partial charge in [-0.1, -0.05) is 28.1 Å². The molecule has 0 aliphatic carbocycles. The molecule has 140 valence electrons. The molecule has 1 aromatic carbocycles. The number of carbonyl (C=O) groups excluding carboxylic acids is 1. The van der Waals surface area contributed by atoms with Gasteiger partial charge in [-0.05, 0) is 31.0 Å². The summed E-state index contributed by atoms with van der Waals surface area (Å²) in [6.07, 6.45) is 0.889. The highest BCUT2D eigenvalue weighted by molar-refractivity contribution is 9.10. The molecule has 7 heteroatoms. The number of hydrogen-bond donors (Lipinski definition) is 1. The molecule has 0 spiro atoms. The minimum atomic E-state index is -0.0225. The molecule has 1 N–H and O–H groups in total. The van der Waals surface area contributed by atoms with Gasteiger partial charge in [0.2, 0.25) is 5.91 Å². The van der Waals surface area contributed by atoms with Crippen molar-refractivity contribution in [2.24, 2.45) is 4.99 Å². The van der Waals surface area contributed by atoms with Crippen LogP contribution in [0, 0.1) is 0 Å². The van der Waals surface area contributed by atoms with Crippen molar-refractivity contribution in [3.8, 4) is 0 Å². The molecule has 0 atom stereocenters. The molecule has 0 saturated heterocycles. The molecule has 1 aromatic rings. The zero-order valence-electron chi connectivity index (χ0n) is 15.6. The van der Waals surface area contributed by atoms with Gasteiger partial charge in [-0.25, -0.2) is 4.99 Å². The van der Waals surface area contributed by atoms with E-state index in [-0.39, 0.29) is 12.5 Å². The average molecular weight is 413 g/mol. The first-order valence-corrected chi connectivity index (χ1v) is 9.25. The molecule has 0 aromatic heterocycles. The lowest BCUT2D eigenvalue weighted by Crippen LogP contribution is -2.40. The Morgan fingerprint density at radius 2 is 1.92 bits per heavy atom. The number of hydrogen-bond acceptors (Lipinski definition) is 3. The van der Waals surface area contributed by atoms with Gasteiger partial charge in [0.15, 0.2) is 5.96 Å². The van der Waals surface area contributed by atoms with Gasteiger partial charge in [-0.15, -0.1) is 0 Å². The van der Waals surface area contributed by atoms with Crippen LogP contribution in [0.3, 0.4) is 0 Å². The zero-order chi connectivity index (χ0) is 18.7. The third-order valence-corrected chi connectivity index (χ3v) is 4.04. The van der Waals surface area contributed by atoms with Crippen molar-refractivity contribution < 1.29 is 9.53 Å². The maximum atomic E-state index is 11.8. The first-order chi connectivity index (χ1) is 11.9. The van der Waals surface area contributed by atoms with Crippen LogP contribution in [-0.4, -0.2) is 69.1 Å². The Labute approximate surface area is 159 Å². The van der Waals surface area contributed by atoms with Crippen LogP contribution in [0.1, 0.15) is 18.9 Å². The standard InChI is InChI=1S/C18H29BrN4O2/c1-5-25-12-6-11-20-18(21-13-17(24)22(2)3)23(4)14-15-7-9-16(19)10-8-15/h7-10H,5-6,11-14H2,1-4H3,(H,20,21). The molecular formula is C18H29BrN4O2. The Hall–Kier alpha value is -1.60. The van der Waals surface area contributed by atoms with E-state index in [1.165, 1.54) is 5.56 Å². The van der Waals surface area contributed by atoms with Gasteiger partial charge in [0.25, 0.3) is 0 Å². The Morgan fingerprint density at radius 3 is 2.52 bits per heavy atom. The van der Waals surface area contributed by atoms with Gasteiger partial charge in [0.1, 0.15) is 6.54 Å². The number of carbonyl (C=O) groups is 1. The molecule has 6 nitrogen and oxygen atoms in total. The predicted octanol–water partition coefficient (Wildman–Crippen LogP) is 2.34. The number of ether oxygens (including phenoxy) is 1. The summed E-state index contributed by atoms with van der Waals surface area (Å²) in [6, 6.07) is 8.17. The molecule has 0 aliphatic rings. The molecule has 0 saturated carbocycles. The SMILES string of the molecule is CCOCCCNC(=NCC(=O)N(C)C)N(C)Cc1ccc(Br)cc1. The second-order valence-electron chi connectivity index (χ2n) is 5.89. The highest BCUT2D eigenvalue weighted by Gasteiger charge is 2.09. The van der Waals surface area contributed by atoms with Crippen LogP contribution < -0.4 is 5.32 Å². The summed E-state index contributed by atoms with van der Waals surface area (Å²) in [5.74, 6) is 0.695. The normalized spacial score (nSPS) is 11.3. The van der Waals surface area contributed by atoms with Gasteiger partial charge in [-0.2, -0.15) is 0 Å². The third-order valence-electron chi connectivity index (χ3n) is 3.51. The molecular weight excluding hydrogens is 384 g/mol. The lowest BCUT2D eigenvalue weighted by molar-refractivity contribution is -0.127. The van der Waals surface area contributed by atoms with E-state index >= 15 is 0 Å². The lowest BCUT2D eigenvalue weighted by Gasteiger charge is -2.23. The largest absolute Gasteiger partial charge is 0.382 e. The van der Waals surface area contributed by atoms with Gasteiger partial charge < -0.3 is 19.9 Å². The van der Waals surface area contributed by atoms with E-state index in [9.17, 15) is 4.79 Å². The fourth-order valence-electron chi connectivity index (χ4n) is 2.05. The quantitative estimate of drug-likeness (QED) is 0.384. The number of guanidine groups is 1. The van der Waals surface area contributed by atoms with Crippen molar-refractivity contribution in [2.75, 3.05) is 47.4 Å². The lowest BCUT2D eigenvalue weighted by atomic mass is 10.2. The molecule has 0 unspecified atom stereocenters. The van der Waals surface area contributed by atoms with E-state index in [1.54, 1.807) is 19.0 Å². The molecule has 0 heterocycles. The fraction of sp³-hybridized carbons (Fsp3) is 0.556. The van der Waals surface area contributed by atoms with E-state index in [0.29, 0.717) is 13.2 Å². The number of aliphatic imine (C=N–C) groups is 1. The number of nitrogens with one attached hydrogen (secondary N) is 1. The molecule has 0 fully saturated rings. The van der Waals surface area contributed by atoms with Crippen LogP contribution in [0.5, 0.6) is 0 Å². The van der Waals surface area contributed by atoms with Gasteiger partial charge >= 0.3 is 0 Å². The number of benzene rings is 1. The van der Waals surface area contributed by atoms with E-state index in [2.05, 4.69) is 38.4 Å². The number of rotatable bonds is 9. The second kappa shape index (κ2) is 11.9. The van der Waals surface area contributed by atoms with Crippen LogP contribution in [0.15, 0.2) is 33.7 Å². The topological polar surface area (TPSA) is 57.2 Å². The molecule has 0 radical (unpaired) electrons. The summed E-state index contributed by atoms with van der Waals surface area (Å²) >= 11 is 3.45. The molecule has 25 heavy (non-hydrogen) atoms. The van der Waals surface area contributed by atoms with Crippen molar-refractivity contribution in [1.29, 1.82) is 0 Å². The van der Waals surface area contributed by atoms with Crippen molar-refractivity contribution in [3.05, 3.63) is 34.3 Å². The van der Waals surface area contributed by atoms with E-state index in [0.717, 1.165) is 30.0 Å². The Kier molecular flexibility index (Phi) is 10.2. The van der Waals surface area contributed by atoms with Crippen LogP contribution in [0.2, 0.25) is 0 Å². The third kappa shape index (κ3) is 8.88. The molecule has 1 amide bonds. The minimum absolute atomic E-state index is 0.0225. The van der Waals surface area contributed by atoms with Gasteiger partial charge in [0.05, 0.1) is 0 Å². The van der Waals surface area contributed by atoms with Crippen LogP contribution in [0.25, 0.3) is 0 Å². The molecule has 0 bridgehead atoms. The van der Waals surface area contributed by atoms with Crippen LogP contribution >= 0.6 is 15.9 Å². The van der Waals surface area contributed by atoms with Gasteiger partial charge in [-0.3, -0.25) is 4.79 Å². The first kappa shape index (κ1) is 21.4. The first-order valence-electron chi connectivity index (χ1n) is 8.45. The summed E-state index contributed by atoms with van der Waals surface area (Å²) in [6.45, 7) is 5.01. The highest BCUT2D eigenvalue weighted by Crippen LogP contribution is 2.11. The fourth-order valence-corrected chi connectivity index (χ4v) is 2.32. The Balaban J connectivity index is 2.68. The molecule has 0 aliphatic heterocycles. The average Bonchev–Trinajstić information content (AvgIpc) is 2.58. The van der Waals surface area contributed by atoms with E-state index < -0.39 is 0 Å². The van der Waals surface area contributed by atoms with E-state index in [1.807, 2.05) is 31.0 Å². The maximum absolute atomic E-state index is 11.8. The zero-order valence-corrected chi connectivity index (χ0v) is 17.2. The van der Waals surface area contributed by atoms with Crippen molar-refractivity contribution in [1.82, 2.24) is 15.1 Å². The smallest absolute Gasteiger partial charge is 0.243 e. The number of halogens is 1.